The van der Waals surface area contributed by atoms with E-state index in [1.807, 2.05) is 20.8 Å². The summed E-state index contributed by atoms with van der Waals surface area (Å²) in [6, 6.07) is 4.27. The normalized spacial score (nSPS) is 16.0. The lowest BCUT2D eigenvalue weighted by molar-refractivity contribution is 0.0745. The van der Waals surface area contributed by atoms with E-state index in [4.69, 9.17) is 16.3 Å². The van der Waals surface area contributed by atoms with E-state index < -0.39 is 11.6 Å². The third-order valence-corrected chi connectivity index (χ3v) is 4.48. The molecule has 2 rings (SSSR count). The van der Waals surface area contributed by atoms with Gasteiger partial charge in [0.05, 0.1) is 12.5 Å². The molecule has 1 aliphatic carbocycles. The van der Waals surface area contributed by atoms with Crippen LogP contribution in [-0.4, -0.2) is 34.8 Å². The number of halogens is 2. The van der Waals surface area contributed by atoms with Crippen molar-refractivity contribution in [3.63, 3.8) is 0 Å². The number of hydrogen-bond acceptors (Lipinski definition) is 2. The van der Waals surface area contributed by atoms with E-state index in [0.717, 1.165) is 12.8 Å². The highest BCUT2D eigenvalue weighted by molar-refractivity contribution is 6.17. The second-order valence-corrected chi connectivity index (χ2v) is 7.48. The first-order valence-electron chi connectivity index (χ1n) is 7.65. The number of carbonyl (C=O) groups is 1. The Labute approximate surface area is 141 Å². The number of nitrogens with zero attached hydrogens (tertiary/aromatic N) is 1. The number of carboxylic acid groups (broad SMARTS) is 1. The Bertz CT molecular complexity index is 582. The molecule has 0 aliphatic heterocycles. The molecular weight excluding hydrogens is 321 g/mol. The third kappa shape index (κ3) is 4.50. The SMILES string of the molecule is CC(C)(C)N(CC1(COc2ccc(F)cc2CCl)CC1)C(=O)O. The lowest BCUT2D eigenvalue weighted by Crippen LogP contribution is -2.48. The molecule has 1 saturated carbocycles. The van der Waals surface area contributed by atoms with Crippen molar-refractivity contribution in [3.8, 4) is 5.75 Å². The number of rotatable bonds is 6. The van der Waals surface area contributed by atoms with Crippen LogP contribution in [0.15, 0.2) is 18.2 Å². The second kappa shape index (κ2) is 6.56. The van der Waals surface area contributed by atoms with Crippen molar-refractivity contribution in [2.45, 2.75) is 45.0 Å². The first-order valence-corrected chi connectivity index (χ1v) is 8.18. The van der Waals surface area contributed by atoms with E-state index in [0.29, 0.717) is 24.5 Å². The van der Waals surface area contributed by atoms with Crippen LogP contribution in [0.1, 0.15) is 39.2 Å². The number of hydrogen-bond donors (Lipinski definition) is 1. The highest BCUT2D eigenvalue weighted by Crippen LogP contribution is 2.47. The predicted octanol–water partition coefficient (Wildman–Crippen LogP) is 4.50. The fourth-order valence-electron chi connectivity index (χ4n) is 2.48. The molecule has 0 saturated heterocycles. The van der Waals surface area contributed by atoms with E-state index in [9.17, 15) is 14.3 Å². The minimum Gasteiger partial charge on any atom is -0.493 e. The first-order chi connectivity index (χ1) is 10.7. The van der Waals surface area contributed by atoms with Crippen LogP contribution in [0.5, 0.6) is 5.75 Å². The molecule has 0 unspecified atom stereocenters. The van der Waals surface area contributed by atoms with Crippen molar-refractivity contribution >= 4 is 17.7 Å². The molecular formula is C17H23ClFNO3. The zero-order valence-electron chi connectivity index (χ0n) is 13.7. The molecule has 6 heteroatoms. The van der Waals surface area contributed by atoms with Gasteiger partial charge in [0.15, 0.2) is 0 Å². The summed E-state index contributed by atoms with van der Waals surface area (Å²) in [7, 11) is 0. The molecule has 1 aromatic carbocycles. The summed E-state index contributed by atoms with van der Waals surface area (Å²) >= 11 is 5.82. The Hall–Kier alpha value is -1.49. The molecule has 1 N–H and O–H groups in total. The Morgan fingerprint density at radius 1 is 1.43 bits per heavy atom. The maximum absolute atomic E-state index is 13.2. The molecule has 0 heterocycles. The Morgan fingerprint density at radius 3 is 2.57 bits per heavy atom. The molecule has 0 aromatic heterocycles. The van der Waals surface area contributed by atoms with E-state index >= 15 is 0 Å². The maximum atomic E-state index is 13.2. The molecule has 128 valence electrons. The van der Waals surface area contributed by atoms with Crippen molar-refractivity contribution in [2.75, 3.05) is 13.2 Å². The van der Waals surface area contributed by atoms with Gasteiger partial charge in [0, 0.05) is 23.1 Å². The van der Waals surface area contributed by atoms with Crippen molar-refractivity contribution in [1.82, 2.24) is 4.90 Å². The average Bonchev–Trinajstić information content (AvgIpc) is 3.22. The highest BCUT2D eigenvalue weighted by atomic mass is 35.5. The lowest BCUT2D eigenvalue weighted by Gasteiger charge is -2.36. The quantitative estimate of drug-likeness (QED) is 0.773. The first kappa shape index (κ1) is 17.9. The van der Waals surface area contributed by atoms with Gasteiger partial charge in [-0.15, -0.1) is 11.6 Å². The van der Waals surface area contributed by atoms with Crippen LogP contribution in [0.2, 0.25) is 0 Å². The summed E-state index contributed by atoms with van der Waals surface area (Å²) in [5.41, 5.74) is -0.0178. The van der Waals surface area contributed by atoms with Crippen molar-refractivity contribution in [2.24, 2.45) is 5.41 Å². The van der Waals surface area contributed by atoms with Crippen LogP contribution in [0, 0.1) is 11.2 Å². The predicted molar refractivity (Wildman–Crippen MR) is 87.6 cm³/mol. The number of alkyl halides is 1. The minimum absolute atomic E-state index is 0.163. The van der Waals surface area contributed by atoms with Crippen LogP contribution < -0.4 is 4.74 Å². The van der Waals surface area contributed by atoms with Crippen molar-refractivity contribution < 1.29 is 19.0 Å². The van der Waals surface area contributed by atoms with Crippen LogP contribution >= 0.6 is 11.6 Å². The van der Waals surface area contributed by atoms with E-state index in [1.165, 1.54) is 17.0 Å². The number of ether oxygens (including phenoxy) is 1. The Balaban J connectivity index is 2.04. The standard InChI is InChI=1S/C17H23ClFNO3/c1-16(2,3)20(15(21)22)10-17(6-7-17)11-23-14-5-4-13(19)8-12(14)9-18/h4-5,8H,6-7,9-11H2,1-3H3,(H,21,22). The summed E-state index contributed by atoms with van der Waals surface area (Å²) in [6.07, 6.45) is 0.918. The molecule has 1 fully saturated rings. The fourth-order valence-corrected chi connectivity index (χ4v) is 2.68. The molecule has 1 aromatic rings. The summed E-state index contributed by atoms with van der Waals surface area (Å²) in [5.74, 6) is 0.382. The van der Waals surface area contributed by atoms with Gasteiger partial charge >= 0.3 is 6.09 Å². The molecule has 23 heavy (non-hydrogen) atoms. The van der Waals surface area contributed by atoms with Crippen molar-refractivity contribution in [3.05, 3.63) is 29.6 Å². The third-order valence-electron chi connectivity index (χ3n) is 4.19. The Kier molecular flexibility index (Phi) is 5.09. The summed E-state index contributed by atoms with van der Waals surface area (Å²) in [5, 5.41) is 9.42. The lowest BCUT2D eigenvalue weighted by atomic mass is 10.0. The minimum atomic E-state index is -0.924. The van der Waals surface area contributed by atoms with Gasteiger partial charge in [0.2, 0.25) is 0 Å². The van der Waals surface area contributed by atoms with E-state index in [1.54, 1.807) is 6.07 Å². The van der Waals surface area contributed by atoms with E-state index in [2.05, 4.69) is 0 Å². The van der Waals surface area contributed by atoms with Crippen LogP contribution in [0.4, 0.5) is 9.18 Å². The zero-order chi connectivity index (χ0) is 17.3. The molecule has 1 aliphatic rings. The largest absolute Gasteiger partial charge is 0.493 e. The monoisotopic (exact) mass is 343 g/mol. The van der Waals surface area contributed by atoms with Crippen molar-refractivity contribution in [1.29, 1.82) is 0 Å². The molecule has 1 amide bonds. The summed E-state index contributed by atoms with van der Waals surface area (Å²) < 4.78 is 19.1. The molecule has 0 atom stereocenters. The number of amides is 1. The van der Waals surface area contributed by atoms with E-state index in [-0.39, 0.29) is 17.1 Å². The van der Waals surface area contributed by atoms with Gasteiger partial charge in [0.1, 0.15) is 11.6 Å². The molecule has 4 nitrogen and oxygen atoms in total. The zero-order valence-corrected chi connectivity index (χ0v) is 14.5. The van der Waals surface area contributed by atoms with Crippen LogP contribution in [0.25, 0.3) is 0 Å². The molecule has 0 bridgehead atoms. The summed E-state index contributed by atoms with van der Waals surface area (Å²) in [6.45, 7) is 6.47. The van der Waals surface area contributed by atoms with Crippen LogP contribution in [0.3, 0.4) is 0 Å². The van der Waals surface area contributed by atoms with Gasteiger partial charge in [-0.1, -0.05) is 0 Å². The second-order valence-electron chi connectivity index (χ2n) is 7.21. The maximum Gasteiger partial charge on any atom is 0.407 e. The van der Waals surface area contributed by atoms with Gasteiger partial charge < -0.3 is 14.7 Å². The van der Waals surface area contributed by atoms with Gasteiger partial charge in [-0.3, -0.25) is 0 Å². The van der Waals surface area contributed by atoms with Gasteiger partial charge in [-0.25, -0.2) is 9.18 Å². The molecule has 0 radical (unpaired) electrons. The Morgan fingerprint density at radius 2 is 2.09 bits per heavy atom. The molecule has 0 spiro atoms. The summed E-state index contributed by atoms with van der Waals surface area (Å²) in [4.78, 5) is 12.9. The van der Waals surface area contributed by atoms with Gasteiger partial charge in [-0.2, -0.15) is 0 Å². The van der Waals surface area contributed by atoms with Gasteiger partial charge in [0.25, 0.3) is 0 Å². The average molecular weight is 344 g/mol. The smallest absolute Gasteiger partial charge is 0.407 e. The van der Waals surface area contributed by atoms with Crippen LogP contribution in [-0.2, 0) is 5.88 Å². The number of benzene rings is 1. The van der Waals surface area contributed by atoms with Gasteiger partial charge in [-0.05, 0) is 51.8 Å². The fraction of sp³-hybridized carbons (Fsp3) is 0.588. The highest BCUT2D eigenvalue weighted by Gasteiger charge is 2.47. The topological polar surface area (TPSA) is 49.8 Å².